The lowest BCUT2D eigenvalue weighted by molar-refractivity contribution is -0.167. The first-order chi connectivity index (χ1) is 36.5. The molecule has 0 fully saturated rings. The second-order valence-corrected chi connectivity index (χ2v) is 20.2. The third-order valence-corrected chi connectivity index (χ3v) is 13.0. The Kier molecular flexibility index (Phi) is 58.3. The molecule has 0 saturated carbocycles. The molecular weight excluding hydrogens is 913 g/mol. The molecule has 0 aliphatic heterocycles. The van der Waals surface area contributed by atoms with E-state index < -0.39 is 6.10 Å². The predicted octanol–water partition coefficient (Wildman–Crippen LogP) is 21.0. The molecular formula is C68H114O6. The standard InChI is InChI=1S/C68H114O6/c1-4-7-10-13-16-19-22-24-26-28-30-31-32-33-34-35-36-37-38-40-41-43-46-49-52-55-58-61-67(70)73-64-65(63-72-66(69)60-57-54-51-48-45-21-18-15-12-9-6-3)74-68(71)62-59-56-53-50-47-44-42-39-29-27-25-23-20-17-14-11-8-5-2/h7,10,15-16,18-19,24,26-27,29-31,33-34,36-37,40-41,65H,4-6,8-9,11-14,17,20-23,25,28,32,35,38-39,42-64H2,1-3H3/b10-7-,18-15-,19-16-,26-24-,29-27-,31-30-,34-33-,37-36-,41-40-. The van der Waals surface area contributed by atoms with Gasteiger partial charge >= 0.3 is 17.9 Å². The van der Waals surface area contributed by atoms with Crippen LogP contribution in [0.3, 0.4) is 0 Å². The Balaban J connectivity index is 4.35. The molecule has 0 N–H and O–H groups in total. The molecule has 0 rings (SSSR count). The van der Waals surface area contributed by atoms with E-state index in [-0.39, 0.29) is 31.1 Å². The lowest BCUT2D eigenvalue weighted by Gasteiger charge is -2.18. The van der Waals surface area contributed by atoms with Crippen LogP contribution in [-0.2, 0) is 28.6 Å². The van der Waals surface area contributed by atoms with Crippen molar-refractivity contribution in [3.8, 4) is 0 Å². The molecule has 422 valence electrons. The van der Waals surface area contributed by atoms with E-state index in [1.54, 1.807) is 0 Å². The van der Waals surface area contributed by atoms with E-state index in [9.17, 15) is 14.4 Å². The van der Waals surface area contributed by atoms with E-state index in [4.69, 9.17) is 14.2 Å². The minimum atomic E-state index is -0.794. The smallest absolute Gasteiger partial charge is 0.306 e. The van der Waals surface area contributed by atoms with Crippen LogP contribution in [0.2, 0.25) is 0 Å². The largest absolute Gasteiger partial charge is 0.462 e. The van der Waals surface area contributed by atoms with Gasteiger partial charge in [-0.25, -0.2) is 0 Å². The Morgan fingerprint density at radius 1 is 0.284 bits per heavy atom. The topological polar surface area (TPSA) is 78.9 Å². The number of allylic oxidation sites excluding steroid dienone is 18. The highest BCUT2D eigenvalue weighted by atomic mass is 16.6. The highest BCUT2D eigenvalue weighted by molar-refractivity contribution is 5.71. The van der Waals surface area contributed by atoms with Gasteiger partial charge in [-0.3, -0.25) is 14.4 Å². The molecule has 0 heterocycles. The van der Waals surface area contributed by atoms with Crippen molar-refractivity contribution < 1.29 is 28.6 Å². The summed E-state index contributed by atoms with van der Waals surface area (Å²) >= 11 is 0. The average molecular weight is 1030 g/mol. The fourth-order valence-electron chi connectivity index (χ4n) is 8.34. The van der Waals surface area contributed by atoms with Crippen LogP contribution in [0.5, 0.6) is 0 Å². The fraction of sp³-hybridized carbons (Fsp3) is 0.691. The first-order valence-corrected chi connectivity index (χ1v) is 30.9. The van der Waals surface area contributed by atoms with Crippen LogP contribution in [0.4, 0.5) is 0 Å². The van der Waals surface area contributed by atoms with E-state index in [0.29, 0.717) is 19.3 Å². The summed E-state index contributed by atoms with van der Waals surface area (Å²) < 4.78 is 16.9. The molecule has 0 aromatic heterocycles. The summed E-state index contributed by atoms with van der Waals surface area (Å²) in [4.78, 5) is 38.2. The van der Waals surface area contributed by atoms with Crippen LogP contribution in [-0.4, -0.2) is 37.2 Å². The van der Waals surface area contributed by atoms with Gasteiger partial charge in [-0.1, -0.05) is 252 Å². The van der Waals surface area contributed by atoms with Gasteiger partial charge < -0.3 is 14.2 Å². The number of hydrogen-bond acceptors (Lipinski definition) is 6. The maximum absolute atomic E-state index is 12.9. The lowest BCUT2D eigenvalue weighted by Crippen LogP contribution is -2.30. The molecule has 0 radical (unpaired) electrons. The Hall–Kier alpha value is -3.93. The van der Waals surface area contributed by atoms with Gasteiger partial charge in [0.15, 0.2) is 6.10 Å². The van der Waals surface area contributed by atoms with Crippen LogP contribution < -0.4 is 0 Å². The summed E-state index contributed by atoms with van der Waals surface area (Å²) in [6, 6.07) is 0. The van der Waals surface area contributed by atoms with E-state index in [1.165, 1.54) is 109 Å². The fourth-order valence-corrected chi connectivity index (χ4v) is 8.34. The molecule has 0 bridgehead atoms. The number of esters is 3. The summed E-state index contributed by atoms with van der Waals surface area (Å²) in [5.41, 5.74) is 0. The van der Waals surface area contributed by atoms with E-state index in [0.717, 1.165) is 135 Å². The summed E-state index contributed by atoms with van der Waals surface area (Å²) in [5.74, 6) is -0.920. The molecule has 0 aromatic rings. The zero-order valence-electron chi connectivity index (χ0n) is 48.3. The van der Waals surface area contributed by atoms with Crippen LogP contribution >= 0.6 is 0 Å². The van der Waals surface area contributed by atoms with Crippen LogP contribution in [0.15, 0.2) is 109 Å². The normalized spacial score (nSPS) is 12.9. The van der Waals surface area contributed by atoms with Crippen molar-refractivity contribution in [1.82, 2.24) is 0 Å². The number of carbonyl (C=O) groups excluding carboxylic acids is 3. The number of unbranched alkanes of at least 4 members (excludes halogenated alkanes) is 26. The lowest BCUT2D eigenvalue weighted by atomic mass is 10.1. The van der Waals surface area contributed by atoms with Crippen LogP contribution in [0, 0.1) is 0 Å². The zero-order chi connectivity index (χ0) is 53.6. The quantitative estimate of drug-likeness (QED) is 0.0261. The summed E-state index contributed by atoms with van der Waals surface area (Å²) in [6.07, 6.45) is 83.7. The van der Waals surface area contributed by atoms with Crippen LogP contribution in [0.25, 0.3) is 0 Å². The number of ether oxygens (including phenoxy) is 3. The van der Waals surface area contributed by atoms with Gasteiger partial charge in [0, 0.05) is 19.3 Å². The van der Waals surface area contributed by atoms with Crippen molar-refractivity contribution in [3.05, 3.63) is 109 Å². The van der Waals surface area contributed by atoms with E-state index >= 15 is 0 Å². The van der Waals surface area contributed by atoms with Crippen molar-refractivity contribution in [2.45, 2.75) is 290 Å². The Labute approximate surface area is 457 Å². The maximum Gasteiger partial charge on any atom is 0.306 e. The molecule has 74 heavy (non-hydrogen) atoms. The highest BCUT2D eigenvalue weighted by Gasteiger charge is 2.19. The molecule has 0 aromatic carbocycles. The SMILES string of the molecule is CC/C=C\C/C=C\C/C=C\C/C=C\C/C=C\C/C=C\C/C=C\CCCCCCCC(=O)OCC(COC(=O)CCCCCCC/C=C\CCCC)OC(=O)CCCCCCCCC/C=C\CCCCCCCCC. The Morgan fingerprint density at radius 3 is 0.878 bits per heavy atom. The summed E-state index contributed by atoms with van der Waals surface area (Å²) in [5, 5.41) is 0. The average Bonchev–Trinajstić information content (AvgIpc) is 3.40. The minimum Gasteiger partial charge on any atom is -0.462 e. The zero-order valence-corrected chi connectivity index (χ0v) is 48.3. The monoisotopic (exact) mass is 1030 g/mol. The Morgan fingerprint density at radius 2 is 0.541 bits per heavy atom. The first-order valence-electron chi connectivity index (χ1n) is 30.9. The molecule has 0 saturated heterocycles. The van der Waals surface area contributed by atoms with Gasteiger partial charge in [-0.05, 0) is 122 Å². The summed E-state index contributed by atoms with van der Waals surface area (Å²) in [7, 11) is 0. The van der Waals surface area contributed by atoms with Crippen molar-refractivity contribution in [2.24, 2.45) is 0 Å². The predicted molar refractivity (Wildman–Crippen MR) is 320 cm³/mol. The molecule has 1 unspecified atom stereocenters. The van der Waals surface area contributed by atoms with E-state index in [1.807, 2.05) is 0 Å². The minimum absolute atomic E-state index is 0.0909. The van der Waals surface area contributed by atoms with Gasteiger partial charge in [0.1, 0.15) is 13.2 Å². The van der Waals surface area contributed by atoms with Crippen molar-refractivity contribution in [2.75, 3.05) is 13.2 Å². The van der Waals surface area contributed by atoms with Gasteiger partial charge in [0.2, 0.25) is 0 Å². The highest BCUT2D eigenvalue weighted by Crippen LogP contribution is 2.15. The number of rotatable bonds is 55. The second kappa shape index (κ2) is 61.6. The second-order valence-electron chi connectivity index (χ2n) is 20.2. The van der Waals surface area contributed by atoms with E-state index in [2.05, 4.69) is 130 Å². The molecule has 0 aliphatic rings. The van der Waals surface area contributed by atoms with Crippen molar-refractivity contribution in [1.29, 1.82) is 0 Å². The third kappa shape index (κ3) is 59.0. The van der Waals surface area contributed by atoms with Gasteiger partial charge in [-0.15, -0.1) is 0 Å². The Bertz CT molecular complexity index is 1510. The van der Waals surface area contributed by atoms with Gasteiger partial charge in [0.05, 0.1) is 0 Å². The third-order valence-electron chi connectivity index (χ3n) is 13.0. The molecule has 6 heteroatoms. The molecule has 0 amide bonds. The summed E-state index contributed by atoms with van der Waals surface area (Å²) in [6.45, 7) is 6.47. The number of hydrogen-bond donors (Lipinski definition) is 0. The van der Waals surface area contributed by atoms with Crippen molar-refractivity contribution >= 4 is 17.9 Å². The van der Waals surface area contributed by atoms with Crippen molar-refractivity contribution in [3.63, 3.8) is 0 Å². The molecule has 0 aliphatic carbocycles. The van der Waals surface area contributed by atoms with Gasteiger partial charge in [-0.2, -0.15) is 0 Å². The van der Waals surface area contributed by atoms with Gasteiger partial charge in [0.25, 0.3) is 0 Å². The first kappa shape index (κ1) is 70.1. The molecule has 1 atom stereocenters. The number of carbonyl (C=O) groups is 3. The van der Waals surface area contributed by atoms with Crippen LogP contribution in [0.1, 0.15) is 284 Å². The maximum atomic E-state index is 12.9. The molecule has 6 nitrogen and oxygen atoms in total. The molecule has 0 spiro atoms.